The van der Waals surface area contributed by atoms with E-state index in [0.717, 1.165) is 16.9 Å². The van der Waals surface area contributed by atoms with Crippen LogP contribution in [0.15, 0.2) is 41.0 Å². The van der Waals surface area contributed by atoms with Crippen molar-refractivity contribution >= 4 is 0 Å². The molecule has 78 valence electrons. The van der Waals surface area contributed by atoms with Gasteiger partial charge in [0.05, 0.1) is 12.3 Å². The average Bonchev–Trinajstić information content (AvgIpc) is 2.64. The van der Waals surface area contributed by atoms with Gasteiger partial charge in [0.25, 0.3) is 0 Å². The summed E-state index contributed by atoms with van der Waals surface area (Å²) in [6, 6.07) is 7.81. The number of furan rings is 1. The second-order valence-electron chi connectivity index (χ2n) is 3.52. The number of halogens is 1. The number of hydrogen-bond donors (Lipinski definition) is 1. The second kappa shape index (κ2) is 3.87. The standard InChI is InChI=1S/C12H12FNO/c1-8-5-10(7-15-8)12(14)9-3-2-4-11(13)6-9/h2-7,12H,14H2,1H3. The van der Waals surface area contributed by atoms with E-state index in [4.69, 9.17) is 10.2 Å². The molecule has 0 aliphatic carbocycles. The van der Waals surface area contributed by atoms with Crippen molar-refractivity contribution in [2.45, 2.75) is 13.0 Å². The van der Waals surface area contributed by atoms with Gasteiger partial charge in [-0.05, 0) is 30.7 Å². The average molecular weight is 205 g/mol. The Kier molecular flexibility index (Phi) is 2.56. The zero-order valence-electron chi connectivity index (χ0n) is 8.41. The third-order valence-electron chi connectivity index (χ3n) is 2.32. The molecule has 0 spiro atoms. The van der Waals surface area contributed by atoms with Crippen LogP contribution in [0.3, 0.4) is 0 Å². The molecule has 3 heteroatoms. The first kappa shape index (κ1) is 9.93. The number of rotatable bonds is 2. The lowest BCUT2D eigenvalue weighted by Gasteiger charge is -2.09. The van der Waals surface area contributed by atoms with E-state index >= 15 is 0 Å². The Balaban J connectivity index is 2.32. The van der Waals surface area contributed by atoms with Crippen LogP contribution in [0.1, 0.15) is 22.9 Å². The monoisotopic (exact) mass is 205 g/mol. The van der Waals surface area contributed by atoms with Gasteiger partial charge in [0, 0.05) is 5.56 Å². The molecule has 0 saturated carbocycles. The van der Waals surface area contributed by atoms with Crippen LogP contribution in [0.5, 0.6) is 0 Å². The summed E-state index contributed by atoms with van der Waals surface area (Å²) >= 11 is 0. The van der Waals surface area contributed by atoms with Crippen LogP contribution >= 0.6 is 0 Å². The van der Waals surface area contributed by atoms with Crippen molar-refractivity contribution in [3.63, 3.8) is 0 Å². The van der Waals surface area contributed by atoms with Crippen molar-refractivity contribution in [3.05, 3.63) is 59.3 Å². The van der Waals surface area contributed by atoms with Gasteiger partial charge >= 0.3 is 0 Å². The highest BCUT2D eigenvalue weighted by atomic mass is 19.1. The van der Waals surface area contributed by atoms with E-state index in [1.807, 2.05) is 13.0 Å². The first-order valence-corrected chi connectivity index (χ1v) is 4.73. The molecule has 15 heavy (non-hydrogen) atoms. The number of nitrogens with two attached hydrogens (primary N) is 1. The Morgan fingerprint density at radius 1 is 1.27 bits per heavy atom. The molecular formula is C12H12FNO. The molecule has 1 aromatic carbocycles. The van der Waals surface area contributed by atoms with E-state index in [2.05, 4.69) is 0 Å². The van der Waals surface area contributed by atoms with Gasteiger partial charge in [-0.25, -0.2) is 4.39 Å². The minimum Gasteiger partial charge on any atom is -0.469 e. The maximum atomic E-state index is 13.0. The van der Waals surface area contributed by atoms with Gasteiger partial charge < -0.3 is 10.2 Å². The Bertz CT molecular complexity index is 464. The molecule has 2 rings (SSSR count). The predicted octanol–water partition coefficient (Wildman–Crippen LogP) is 2.78. The molecule has 0 radical (unpaired) electrons. The zero-order valence-corrected chi connectivity index (χ0v) is 8.41. The maximum absolute atomic E-state index is 13.0. The van der Waals surface area contributed by atoms with Gasteiger partial charge in [-0.3, -0.25) is 0 Å². The lowest BCUT2D eigenvalue weighted by Crippen LogP contribution is -2.10. The molecule has 0 bridgehead atoms. The summed E-state index contributed by atoms with van der Waals surface area (Å²) in [6.07, 6.45) is 1.60. The van der Waals surface area contributed by atoms with Crippen molar-refractivity contribution in [1.82, 2.24) is 0 Å². The largest absolute Gasteiger partial charge is 0.469 e. The topological polar surface area (TPSA) is 39.2 Å². The van der Waals surface area contributed by atoms with Gasteiger partial charge in [0.2, 0.25) is 0 Å². The first-order chi connectivity index (χ1) is 7.16. The van der Waals surface area contributed by atoms with E-state index < -0.39 is 0 Å². The van der Waals surface area contributed by atoms with Crippen molar-refractivity contribution in [2.75, 3.05) is 0 Å². The zero-order chi connectivity index (χ0) is 10.8. The summed E-state index contributed by atoms with van der Waals surface area (Å²) in [7, 11) is 0. The maximum Gasteiger partial charge on any atom is 0.123 e. The van der Waals surface area contributed by atoms with E-state index in [-0.39, 0.29) is 11.9 Å². The Labute approximate surface area is 87.5 Å². The SMILES string of the molecule is Cc1cc(C(N)c2cccc(F)c2)co1. The summed E-state index contributed by atoms with van der Waals surface area (Å²) in [6.45, 7) is 1.85. The quantitative estimate of drug-likeness (QED) is 0.818. The van der Waals surface area contributed by atoms with Crippen LogP contribution in [-0.2, 0) is 0 Å². The van der Waals surface area contributed by atoms with Gasteiger partial charge in [-0.15, -0.1) is 0 Å². The summed E-state index contributed by atoms with van der Waals surface area (Å²) in [5.41, 5.74) is 7.58. The van der Waals surface area contributed by atoms with Gasteiger partial charge in [0.1, 0.15) is 11.6 Å². The van der Waals surface area contributed by atoms with Crippen LogP contribution < -0.4 is 5.73 Å². The molecule has 2 nitrogen and oxygen atoms in total. The van der Waals surface area contributed by atoms with Gasteiger partial charge in [0.15, 0.2) is 0 Å². The molecule has 0 fully saturated rings. The fourth-order valence-corrected chi connectivity index (χ4v) is 1.52. The minimum absolute atomic E-state index is 0.275. The molecule has 0 aliphatic heterocycles. The Hall–Kier alpha value is -1.61. The predicted molar refractivity (Wildman–Crippen MR) is 55.9 cm³/mol. The lowest BCUT2D eigenvalue weighted by molar-refractivity contribution is 0.530. The van der Waals surface area contributed by atoms with Crippen molar-refractivity contribution < 1.29 is 8.81 Å². The van der Waals surface area contributed by atoms with E-state index in [1.54, 1.807) is 18.4 Å². The normalized spacial score (nSPS) is 12.7. The number of hydrogen-bond acceptors (Lipinski definition) is 2. The lowest BCUT2D eigenvalue weighted by atomic mass is 10.0. The second-order valence-corrected chi connectivity index (χ2v) is 3.52. The highest BCUT2D eigenvalue weighted by molar-refractivity contribution is 5.30. The Morgan fingerprint density at radius 2 is 2.07 bits per heavy atom. The van der Waals surface area contributed by atoms with E-state index in [1.165, 1.54) is 12.1 Å². The molecule has 1 aromatic heterocycles. The fourth-order valence-electron chi connectivity index (χ4n) is 1.52. The van der Waals surface area contributed by atoms with Crippen molar-refractivity contribution in [1.29, 1.82) is 0 Å². The molecule has 0 amide bonds. The van der Waals surface area contributed by atoms with Crippen LogP contribution in [0.4, 0.5) is 4.39 Å². The Morgan fingerprint density at radius 3 is 2.67 bits per heavy atom. The smallest absolute Gasteiger partial charge is 0.123 e. The van der Waals surface area contributed by atoms with E-state index in [9.17, 15) is 4.39 Å². The van der Waals surface area contributed by atoms with E-state index in [0.29, 0.717) is 0 Å². The van der Waals surface area contributed by atoms with Gasteiger partial charge in [-0.1, -0.05) is 12.1 Å². The molecular weight excluding hydrogens is 193 g/mol. The summed E-state index contributed by atoms with van der Waals surface area (Å²) < 4.78 is 18.1. The van der Waals surface area contributed by atoms with Crippen LogP contribution in [0.25, 0.3) is 0 Å². The van der Waals surface area contributed by atoms with Crippen molar-refractivity contribution in [2.24, 2.45) is 5.73 Å². The highest BCUT2D eigenvalue weighted by Gasteiger charge is 2.11. The fraction of sp³-hybridized carbons (Fsp3) is 0.167. The summed E-state index contributed by atoms with van der Waals surface area (Å²) in [5, 5.41) is 0. The van der Waals surface area contributed by atoms with Crippen LogP contribution in [0.2, 0.25) is 0 Å². The van der Waals surface area contributed by atoms with Crippen LogP contribution in [-0.4, -0.2) is 0 Å². The number of aryl methyl sites for hydroxylation is 1. The third kappa shape index (κ3) is 2.07. The molecule has 1 unspecified atom stereocenters. The molecule has 0 aliphatic rings. The minimum atomic E-state index is -0.335. The molecule has 1 atom stereocenters. The van der Waals surface area contributed by atoms with Crippen molar-refractivity contribution in [3.8, 4) is 0 Å². The number of benzene rings is 1. The molecule has 2 aromatic rings. The summed E-state index contributed by atoms with van der Waals surface area (Å²) in [4.78, 5) is 0. The molecule has 1 heterocycles. The summed E-state index contributed by atoms with van der Waals surface area (Å²) in [5.74, 6) is 0.528. The highest BCUT2D eigenvalue weighted by Crippen LogP contribution is 2.21. The van der Waals surface area contributed by atoms with Crippen LogP contribution in [0, 0.1) is 12.7 Å². The van der Waals surface area contributed by atoms with Gasteiger partial charge in [-0.2, -0.15) is 0 Å². The third-order valence-corrected chi connectivity index (χ3v) is 2.32. The molecule has 0 saturated heterocycles. The molecule has 2 N–H and O–H groups in total. The first-order valence-electron chi connectivity index (χ1n) is 4.73.